The summed E-state index contributed by atoms with van der Waals surface area (Å²) in [5, 5.41) is 6.64. The second-order valence-electron chi connectivity index (χ2n) is 4.68. The number of aromatic nitrogens is 2. The van der Waals surface area contributed by atoms with E-state index in [9.17, 15) is 0 Å². The average molecular weight is 287 g/mol. The van der Waals surface area contributed by atoms with Crippen molar-refractivity contribution in [2.24, 2.45) is 0 Å². The second-order valence-corrected chi connectivity index (χ2v) is 5.74. The Kier molecular flexibility index (Phi) is 3.80. The lowest BCUT2D eigenvalue weighted by molar-refractivity contribution is 0.455. The van der Waals surface area contributed by atoms with Crippen molar-refractivity contribution in [3.05, 3.63) is 46.2 Å². The van der Waals surface area contributed by atoms with Gasteiger partial charge in [0, 0.05) is 11.8 Å². The van der Waals surface area contributed by atoms with Crippen molar-refractivity contribution in [1.29, 1.82) is 0 Å². The molecule has 0 spiro atoms. The number of benzene rings is 1. The van der Waals surface area contributed by atoms with E-state index in [0.717, 1.165) is 34.2 Å². The number of fused-ring (bicyclic) bond motifs is 1. The Hall–Kier alpha value is -1.72. The van der Waals surface area contributed by atoms with Crippen molar-refractivity contribution in [2.45, 2.75) is 26.3 Å². The number of oxazole rings is 1. The highest BCUT2D eigenvalue weighted by Crippen LogP contribution is 2.22. The van der Waals surface area contributed by atoms with Crippen molar-refractivity contribution in [2.75, 3.05) is 6.54 Å². The molecule has 0 aliphatic heterocycles. The summed E-state index contributed by atoms with van der Waals surface area (Å²) < 4.78 is 5.80. The molecule has 20 heavy (non-hydrogen) atoms. The maximum Gasteiger partial charge on any atom is 0.197 e. The zero-order valence-corrected chi connectivity index (χ0v) is 12.4. The molecule has 2 aromatic heterocycles. The molecule has 5 heteroatoms. The van der Waals surface area contributed by atoms with Gasteiger partial charge in [0.15, 0.2) is 11.5 Å². The van der Waals surface area contributed by atoms with Crippen LogP contribution in [-0.4, -0.2) is 16.5 Å². The predicted octanol–water partition coefficient (Wildman–Crippen LogP) is 3.49. The molecule has 0 amide bonds. The topological polar surface area (TPSA) is 51.0 Å². The lowest BCUT2D eigenvalue weighted by Crippen LogP contribution is -2.23. The monoisotopic (exact) mass is 287 g/mol. The van der Waals surface area contributed by atoms with Gasteiger partial charge in [0.2, 0.25) is 0 Å². The maximum absolute atomic E-state index is 5.80. The first-order chi connectivity index (χ1) is 9.76. The van der Waals surface area contributed by atoms with Gasteiger partial charge in [-0.25, -0.2) is 9.97 Å². The number of hydrogen-bond acceptors (Lipinski definition) is 5. The Labute approximate surface area is 121 Å². The Morgan fingerprint density at radius 3 is 2.85 bits per heavy atom. The van der Waals surface area contributed by atoms with Crippen LogP contribution in [0.15, 0.2) is 34.1 Å². The van der Waals surface area contributed by atoms with Crippen molar-refractivity contribution in [1.82, 2.24) is 15.3 Å². The van der Waals surface area contributed by atoms with E-state index in [-0.39, 0.29) is 6.04 Å². The van der Waals surface area contributed by atoms with Crippen LogP contribution in [-0.2, 0) is 6.42 Å². The summed E-state index contributed by atoms with van der Waals surface area (Å²) in [6.45, 7) is 5.01. The fourth-order valence-electron chi connectivity index (χ4n) is 2.25. The van der Waals surface area contributed by atoms with E-state index in [1.807, 2.05) is 31.2 Å². The molecule has 104 valence electrons. The minimum Gasteiger partial charge on any atom is -0.441 e. The van der Waals surface area contributed by atoms with E-state index in [1.54, 1.807) is 11.3 Å². The summed E-state index contributed by atoms with van der Waals surface area (Å²) in [5.74, 6) is 0.753. The SMILES string of the molecule is CCNC(Cc1nc2ccccc2o1)c1csc(C)n1. The maximum atomic E-state index is 5.80. The number of rotatable bonds is 5. The summed E-state index contributed by atoms with van der Waals surface area (Å²) in [4.78, 5) is 9.10. The molecule has 4 nitrogen and oxygen atoms in total. The Morgan fingerprint density at radius 1 is 1.30 bits per heavy atom. The summed E-state index contributed by atoms with van der Waals surface area (Å²) in [7, 11) is 0. The number of nitrogens with one attached hydrogen (secondary N) is 1. The van der Waals surface area contributed by atoms with Crippen molar-refractivity contribution in [3.8, 4) is 0 Å². The Morgan fingerprint density at radius 2 is 2.15 bits per heavy atom. The molecule has 0 aliphatic carbocycles. The molecule has 0 bridgehead atoms. The highest BCUT2D eigenvalue weighted by Gasteiger charge is 2.17. The van der Waals surface area contributed by atoms with Gasteiger partial charge in [-0.15, -0.1) is 11.3 Å². The van der Waals surface area contributed by atoms with Gasteiger partial charge in [-0.2, -0.15) is 0 Å². The number of hydrogen-bond donors (Lipinski definition) is 1. The summed E-state index contributed by atoms with van der Waals surface area (Å²) in [5.41, 5.74) is 2.82. The van der Waals surface area contributed by atoms with Crippen LogP contribution in [0.25, 0.3) is 11.1 Å². The van der Waals surface area contributed by atoms with E-state index < -0.39 is 0 Å². The largest absolute Gasteiger partial charge is 0.441 e. The summed E-state index contributed by atoms with van der Waals surface area (Å²) in [6, 6.07) is 8.00. The lowest BCUT2D eigenvalue weighted by Gasteiger charge is -2.13. The zero-order chi connectivity index (χ0) is 13.9. The highest BCUT2D eigenvalue weighted by atomic mass is 32.1. The Bertz CT molecular complexity index is 671. The minimum absolute atomic E-state index is 0.151. The number of thiazole rings is 1. The van der Waals surface area contributed by atoms with E-state index in [2.05, 4.69) is 27.6 Å². The molecule has 0 saturated heterocycles. The fraction of sp³-hybridized carbons (Fsp3) is 0.333. The number of para-hydroxylation sites is 2. The molecule has 0 radical (unpaired) electrons. The van der Waals surface area contributed by atoms with E-state index in [4.69, 9.17) is 4.42 Å². The third kappa shape index (κ3) is 2.73. The van der Waals surface area contributed by atoms with Crippen LogP contribution in [0.1, 0.15) is 29.6 Å². The molecular formula is C15H17N3OS. The molecule has 0 aliphatic rings. The molecule has 0 fully saturated rings. The molecule has 3 rings (SSSR count). The van der Waals surface area contributed by atoms with Crippen LogP contribution in [0.5, 0.6) is 0 Å². The molecule has 1 atom stereocenters. The summed E-state index contributed by atoms with van der Waals surface area (Å²) >= 11 is 1.67. The molecular weight excluding hydrogens is 270 g/mol. The predicted molar refractivity (Wildman–Crippen MR) is 81.0 cm³/mol. The van der Waals surface area contributed by atoms with Crippen LogP contribution < -0.4 is 5.32 Å². The van der Waals surface area contributed by atoms with Gasteiger partial charge in [0.05, 0.1) is 16.7 Å². The van der Waals surface area contributed by atoms with E-state index >= 15 is 0 Å². The van der Waals surface area contributed by atoms with E-state index in [1.165, 1.54) is 0 Å². The Balaban J connectivity index is 1.85. The van der Waals surface area contributed by atoms with Crippen molar-refractivity contribution < 1.29 is 4.42 Å². The smallest absolute Gasteiger partial charge is 0.197 e. The fourth-order valence-corrected chi connectivity index (χ4v) is 2.92. The normalized spacial score (nSPS) is 12.9. The highest BCUT2D eigenvalue weighted by molar-refractivity contribution is 7.09. The third-order valence-electron chi connectivity index (χ3n) is 3.16. The van der Waals surface area contributed by atoms with Crippen molar-refractivity contribution in [3.63, 3.8) is 0 Å². The molecule has 3 aromatic rings. The average Bonchev–Trinajstić information content (AvgIpc) is 3.03. The number of aryl methyl sites for hydroxylation is 1. The van der Waals surface area contributed by atoms with Gasteiger partial charge < -0.3 is 9.73 Å². The lowest BCUT2D eigenvalue weighted by atomic mass is 10.1. The van der Waals surface area contributed by atoms with Gasteiger partial charge in [0.25, 0.3) is 0 Å². The van der Waals surface area contributed by atoms with Crippen LogP contribution in [0, 0.1) is 6.92 Å². The van der Waals surface area contributed by atoms with Crippen LogP contribution in [0.2, 0.25) is 0 Å². The first kappa shape index (κ1) is 13.3. The standard InChI is InChI=1S/C15H17N3OS/c1-3-16-12(13-9-20-10(2)17-13)8-15-18-11-6-4-5-7-14(11)19-15/h4-7,9,12,16H,3,8H2,1-2H3. The zero-order valence-electron chi connectivity index (χ0n) is 11.6. The van der Waals surface area contributed by atoms with Gasteiger partial charge in [0.1, 0.15) is 5.52 Å². The van der Waals surface area contributed by atoms with E-state index in [0.29, 0.717) is 6.42 Å². The minimum atomic E-state index is 0.151. The van der Waals surface area contributed by atoms with Crippen LogP contribution in [0.4, 0.5) is 0 Å². The van der Waals surface area contributed by atoms with Crippen molar-refractivity contribution >= 4 is 22.4 Å². The molecule has 2 heterocycles. The molecule has 1 unspecified atom stereocenters. The summed E-state index contributed by atoms with van der Waals surface area (Å²) in [6.07, 6.45) is 0.714. The molecule has 0 saturated carbocycles. The van der Waals surface area contributed by atoms with Gasteiger partial charge >= 0.3 is 0 Å². The quantitative estimate of drug-likeness (QED) is 0.780. The molecule has 1 aromatic carbocycles. The van der Waals surface area contributed by atoms with Gasteiger partial charge in [-0.1, -0.05) is 19.1 Å². The van der Waals surface area contributed by atoms with Crippen LogP contribution >= 0.6 is 11.3 Å². The van der Waals surface area contributed by atoms with Gasteiger partial charge in [-0.05, 0) is 25.6 Å². The number of likely N-dealkylation sites (N-methyl/N-ethyl adjacent to an activating group) is 1. The van der Waals surface area contributed by atoms with Crippen LogP contribution in [0.3, 0.4) is 0 Å². The first-order valence-electron chi connectivity index (χ1n) is 6.76. The third-order valence-corrected chi connectivity index (χ3v) is 3.95. The first-order valence-corrected chi connectivity index (χ1v) is 7.64. The van der Waals surface area contributed by atoms with Gasteiger partial charge in [-0.3, -0.25) is 0 Å². The number of nitrogens with zero attached hydrogens (tertiary/aromatic N) is 2. The molecule has 1 N–H and O–H groups in total. The second kappa shape index (κ2) is 5.73.